The average Bonchev–Trinajstić information content (AvgIpc) is 2.98. The first-order valence-electron chi connectivity index (χ1n) is 19.0. The van der Waals surface area contributed by atoms with Crippen LogP contribution in [0.4, 0.5) is 0 Å². The van der Waals surface area contributed by atoms with Crippen molar-refractivity contribution >= 4 is 11.9 Å². The van der Waals surface area contributed by atoms with Gasteiger partial charge in [-0.1, -0.05) is 200 Å². The molecule has 0 aliphatic rings. The van der Waals surface area contributed by atoms with Crippen LogP contribution in [0.2, 0.25) is 0 Å². The highest BCUT2D eigenvalue weighted by Crippen LogP contribution is 2.15. The zero-order valence-corrected chi connectivity index (χ0v) is 28.7. The Bertz CT molecular complexity index is 547. The maximum Gasteiger partial charge on any atom is 0.339 e. The second-order valence-corrected chi connectivity index (χ2v) is 12.9. The zero-order chi connectivity index (χ0) is 30.6. The fraction of sp³-hybridized carbons (Fsp3) is 0.947. The Morgan fingerprint density at radius 1 is 0.357 bits per heavy atom. The largest absolute Gasteiger partial charge is 0.391 e. The minimum atomic E-state index is -0.544. The van der Waals surface area contributed by atoms with Gasteiger partial charge < -0.3 is 9.47 Å². The molecule has 0 fully saturated rings. The van der Waals surface area contributed by atoms with Gasteiger partial charge >= 0.3 is 11.9 Å². The molecule has 0 spiro atoms. The summed E-state index contributed by atoms with van der Waals surface area (Å²) in [6, 6.07) is 0. The summed E-state index contributed by atoms with van der Waals surface area (Å²) in [5, 5.41) is 0. The van der Waals surface area contributed by atoms with E-state index in [9.17, 15) is 9.59 Å². The van der Waals surface area contributed by atoms with Crippen molar-refractivity contribution in [2.75, 3.05) is 13.2 Å². The van der Waals surface area contributed by atoms with Crippen molar-refractivity contribution in [3.8, 4) is 0 Å². The Labute approximate surface area is 263 Å². The van der Waals surface area contributed by atoms with Crippen LogP contribution in [0.25, 0.3) is 0 Å². The summed E-state index contributed by atoms with van der Waals surface area (Å²) in [5.74, 6) is -0.947. The van der Waals surface area contributed by atoms with Crippen molar-refractivity contribution < 1.29 is 19.1 Å². The molecule has 0 aromatic heterocycles. The van der Waals surface area contributed by atoms with Crippen LogP contribution < -0.4 is 0 Å². The molecule has 0 saturated carbocycles. The van der Waals surface area contributed by atoms with Crippen molar-refractivity contribution in [2.45, 2.75) is 219 Å². The smallest absolute Gasteiger partial charge is 0.339 e. The first-order chi connectivity index (χ1) is 20.7. The van der Waals surface area contributed by atoms with E-state index in [0.29, 0.717) is 13.0 Å². The summed E-state index contributed by atoms with van der Waals surface area (Å²) in [6.07, 6.45) is 41.3. The van der Waals surface area contributed by atoms with Crippen molar-refractivity contribution in [2.24, 2.45) is 0 Å². The number of hydrogen-bond acceptors (Lipinski definition) is 4. The number of carbonyl (C=O) groups excluding carboxylic acids is 2. The molecule has 4 nitrogen and oxygen atoms in total. The molecular weight excluding hydrogens is 520 g/mol. The van der Waals surface area contributed by atoms with Crippen LogP contribution >= 0.6 is 0 Å². The highest BCUT2D eigenvalue weighted by atomic mass is 16.6. The topological polar surface area (TPSA) is 52.6 Å². The van der Waals surface area contributed by atoms with Crippen LogP contribution in [0, 0.1) is 0 Å². The van der Waals surface area contributed by atoms with E-state index in [0.717, 1.165) is 25.7 Å². The van der Waals surface area contributed by atoms with Gasteiger partial charge in [0.2, 0.25) is 0 Å². The standard InChI is InChI=1S/C38H74O4/c1-3-5-7-9-11-13-15-17-18-19-20-21-23-25-27-29-31-33-35-41-36-38(40)42-37(39)34-32-30-28-26-24-22-16-14-12-10-8-6-4-2/h3-36H2,1-2H3. The Hall–Kier alpha value is -0.900. The quantitative estimate of drug-likeness (QED) is 0.0416. The lowest BCUT2D eigenvalue weighted by Crippen LogP contribution is -2.17. The van der Waals surface area contributed by atoms with Crippen LogP contribution in [0.15, 0.2) is 0 Å². The molecule has 0 aliphatic carbocycles. The van der Waals surface area contributed by atoms with E-state index in [1.54, 1.807) is 0 Å². The molecule has 0 unspecified atom stereocenters. The molecule has 0 N–H and O–H groups in total. The van der Waals surface area contributed by atoms with Crippen molar-refractivity contribution in [1.29, 1.82) is 0 Å². The van der Waals surface area contributed by atoms with E-state index >= 15 is 0 Å². The van der Waals surface area contributed by atoms with Crippen LogP contribution in [0.3, 0.4) is 0 Å². The first-order valence-corrected chi connectivity index (χ1v) is 19.0. The van der Waals surface area contributed by atoms with Gasteiger partial charge in [-0.3, -0.25) is 4.79 Å². The predicted octanol–water partition coefficient (Wildman–Crippen LogP) is 12.6. The van der Waals surface area contributed by atoms with E-state index in [1.807, 2.05) is 0 Å². The number of ether oxygens (including phenoxy) is 2. The van der Waals surface area contributed by atoms with E-state index in [-0.39, 0.29) is 6.61 Å². The minimum Gasteiger partial charge on any atom is -0.391 e. The molecular formula is C38H74O4. The summed E-state index contributed by atoms with van der Waals surface area (Å²) >= 11 is 0. The Morgan fingerprint density at radius 3 is 0.976 bits per heavy atom. The van der Waals surface area contributed by atoms with Gasteiger partial charge in [-0.15, -0.1) is 0 Å². The summed E-state index contributed by atoms with van der Waals surface area (Å²) in [7, 11) is 0. The average molecular weight is 595 g/mol. The molecule has 4 heteroatoms. The molecule has 0 aliphatic heterocycles. The van der Waals surface area contributed by atoms with Gasteiger partial charge in [-0.2, -0.15) is 0 Å². The Kier molecular flexibility index (Phi) is 35.5. The van der Waals surface area contributed by atoms with E-state index in [2.05, 4.69) is 13.8 Å². The predicted molar refractivity (Wildman–Crippen MR) is 181 cm³/mol. The SMILES string of the molecule is CCCCCCCCCCCCCCCCCCCCOCC(=O)OC(=O)CCCCCCCCCCCCCCC. The number of unbranched alkanes of at least 4 members (excludes halogenated alkanes) is 29. The van der Waals surface area contributed by atoms with Gasteiger partial charge in [0.25, 0.3) is 0 Å². The second kappa shape index (κ2) is 36.3. The van der Waals surface area contributed by atoms with Crippen molar-refractivity contribution in [3.63, 3.8) is 0 Å². The molecule has 0 rings (SSSR count). The van der Waals surface area contributed by atoms with E-state index < -0.39 is 11.9 Å². The molecule has 0 aromatic carbocycles. The van der Waals surface area contributed by atoms with Gasteiger partial charge in [0.15, 0.2) is 0 Å². The van der Waals surface area contributed by atoms with Crippen molar-refractivity contribution in [3.05, 3.63) is 0 Å². The maximum absolute atomic E-state index is 11.9. The van der Waals surface area contributed by atoms with Crippen LogP contribution in [-0.4, -0.2) is 25.2 Å². The normalized spacial score (nSPS) is 11.3. The van der Waals surface area contributed by atoms with Crippen LogP contribution in [-0.2, 0) is 19.1 Å². The lowest BCUT2D eigenvalue weighted by molar-refractivity contribution is -0.162. The zero-order valence-electron chi connectivity index (χ0n) is 28.7. The Morgan fingerprint density at radius 2 is 0.643 bits per heavy atom. The molecule has 0 atom stereocenters. The third-order valence-electron chi connectivity index (χ3n) is 8.57. The second-order valence-electron chi connectivity index (χ2n) is 12.9. The monoisotopic (exact) mass is 595 g/mol. The molecule has 0 saturated heterocycles. The van der Waals surface area contributed by atoms with Gasteiger partial charge in [-0.05, 0) is 12.8 Å². The molecule has 0 heterocycles. The third kappa shape index (κ3) is 35.3. The molecule has 250 valence electrons. The highest BCUT2D eigenvalue weighted by molar-refractivity contribution is 5.85. The molecule has 0 aromatic rings. The van der Waals surface area contributed by atoms with Gasteiger partial charge in [0, 0.05) is 13.0 Å². The first kappa shape index (κ1) is 41.1. The van der Waals surface area contributed by atoms with Crippen LogP contribution in [0.1, 0.15) is 219 Å². The number of rotatable bonds is 35. The minimum absolute atomic E-state index is 0.108. The molecule has 0 bridgehead atoms. The van der Waals surface area contributed by atoms with E-state index in [4.69, 9.17) is 9.47 Å². The van der Waals surface area contributed by atoms with Crippen LogP contribution in [0.5, 0.6) is 0 Å². The summed E-state index contributed by atoms with van der Waals surface area (Å²) < 4.78 is 10.3. The van der Waals surface area contributed by atoms with Gasteiger partial charge in [0.1, 0.15) is 6.61 Å². The number of hydrogen-bond donors (Lipinski definition) is 0. The maximum atomic E-state index is 11.9. The fourth-order valence-corrected chi connectivity index (χ4v) is 5.76. The number of carbonyl (C=O) groups is 2. The van der Waals surface area contributed by atoms with E-state index in [1.165, 1.54) is 173 Å². The van der Waals surface area contributed by atoms with Gasteiger partial charge in [0.05, 0.1) is 0 Å². The molecule has 0 amide bonds. The fourth-order valence-electron chi connectivity index (χ4n) is 5.76. The lowest BCUT2D eigenvalue weighted by atomic mass is 10.0. The van der Waals surface area contributed by atoms with Gasteiger partial charge in [-0.25, -0.2) is 4.79 Å². The third-order valence-corrected chi connectivity index (χ3v) is 8.57. The molecule has 42 heavy (non-hydrogen) atoms. The number of esters is 2. The Balaban J connectivity index is 3.25. The molecule has 0 radical (unpaired) electrons. The highest BCUT2D eigenvalue weighted by Gasteiger charge is 2.10. The lowest BCUT2D eigenvalue weighted by Gasteiger charge is -2.06. The van der Waals surface area contributed by atoms with Crippen molar-refractivity contribution in [1.82, 2.24) is 0 Å². The summed E-state index contributed by atoms with van der Waals surface area (Å²) in [5.41, 5.74) is 0. The summed E-state index contributed by atoms with van der Waals surface area (Å²) in [4.78, 5) is 23.7. The summed E-state index contributed by atoms with van der Waals surface area (Å²) in [6.45, 7) is 5.01.